The Bertz CT molecular complexity index is 710. The van der Waals surface area contributed by atoms with Crippen molar-refractivity contribution < 1.29 is 33.5 Å². The first-order valence-electron chi connectivity index (χ1n) is 8.50. The Morgan fingerprint density at radius 2 is 1.89 bits per heavy atom. The topological polar surface area (TPSA) is 127 Å². The highest BCUT2D eigenvalue weighted by Crippen LogP contribution is 2.35. The van der Waals surface area contributed by atoms with Gasteiger partial charge in [0.15, 0.2) is 0 Å². The van der Waals surface area contributed by atoms with Gasteiger partial charge >= 0.3 is 17.8 Å². The van der Waals surface area contributed by atoms with E-state index in [4.69, 9.17) is 18.9 Å². The molecule has 1 aliphatic rings. The lowest BCUT2D eigenvalue weighted by molar-refractivity contribution is -0.391. The van der Waals surface area contributed by atoms with Crippen LogP contribution in [0.2, 0.25) is 0 Å². The van der Waals surface area contributed by atoms with E-state index in [2.05, 4.69) is 4.98 Å². The van der Waals surface area contributed by atoms with Gasteiger partial charge < -0.3 is 29.1 Å². The van der Waals surface area contributed by atoms with E-state index in [0.717, 1.165) is 0 Å². The van der Waals surface area contributed by atoms with Gasteiger partial charge in [0.25, 0.3) is 0 Å². The Labute approximate surface area is 155 Å². The number of carbonyl (C=O) groups is 2. The molecule has 0 N–H and O–H groups in total. The van der Waals surface area contributed by atoms with Gasteiger partial charge in [-0.1, -0.05) is 13.8 Å². The fourth-order valence-corrected chi connectivity index (χ4v) is 3.02. The van der Waals surface area contributed by atoms with Crippen molar-refractivity contribution in [3.63, 3.8) is 0 Å². The van der Waals surface area contributed by atoms with Gasteiger partial charge in [0, 0.05) is 19.8 Å². The normalized spacial score (nSPS) is 27.5. The maximum absolute atomic E-state index is 11.6. The molecule has 0 amide bonds. The average Bonchev–Trinajstić information content (AvgIpc) is 2.59. The third-order valence-electron chi connectivity index (χ3n) is 4.18. The molecule has 5 atom stereocenters. The van der Waals surface area contributed by atoms with Crippen LogP contribution in [0, 0.1) is 16.0 Å². The number of rotatable bonds is 6. The van der Waals surface area contributed by atoms with Crippen LogP contribution in [-0.4, -0.2) is 46.4 Å². The van der Waals surface area contributed by atoms with E-state index >= 15 is 0 Å². The number of ether oxygens (including phenoxy) is 4. The number of carbonyl (C=O) groups excluding carboxylic acids is 2. The second-order valence-electron chi connectivity index (χ2n) is 6.16. The van der Waals surface area contributed by atoms with Crippen LogP contribution in [0.5, 0.6) is 5.75 Å². The van der Waals surface area contributed by atoms with Crippen LogP contribution in [0.1, 0.15) is 34.1 Å². The highest BCUT2D eigenvalue weighted by molar-refractivity contribution is 5.67. The molecule has 1 saturated heterocycles. The van der Waals surface area contributed by atoms with E-state index in [9.17, 15) is 19.7 Å². The van der Waals surface area contributed by atoms with Gasteiger partial charge in [0.1, 0.15) is 12.3 Å². The lowest BCUT2D eigenvalue weighted by atomic mass is 9.89. The summed E-state index contributed by atoms with van der Waals surface area (Å²) in [6.45, 7) is 6.13. The molecular formula is C17H22N2O8. The molecule has 1 fully saturated rings. The average molecular weight is 382 g/mol. The zero-order valence-corrected chi connectivity index (χ0v) is 15.5. The van der Waals surface area contributed by atoms with Gasteiger partial charge in [0.05, 0.1) is 6.10 Å². The molecule has 1 aliphatic heterocycles. The monoisotopic (exact) mass is 382 g/mol. The highest BCUT2D eigenvalue weighted by atomic mass is 16.7. The van der Waals surface area contributed by atoms with E-state index in [0.29, 0.717) is 6.42 Å². The van der Waals surface area contributed by atoms with Crippen LogP contribution in [-0.2, 0) is 23.8 Å². The van der Waals surface area contributed by atoms with Crippen molar-refractivity contribution in [1.29, 1.82) is 0 Å². The van der Waals surface area contributed by atoms with Crippen LogP contribution in [0.4, 0.5) is 5.82 Å². The number of aromatic nitrogens is 1. The number of nitro groups is 1. The lowest BCUT2D eigenvalue weighted by Gasteiger charge is -2.43. The van der Waals surface area contributed by atoms with Crippen LogP contribution in [0.15, 0.2) is 18.3 Å². The van der Waals surface area contributed by atoms with Crippen molar-refractivity contribution in [1.82, 2.24) is 4.98 Å². The minimum absolute atomic E-state index is 0.143. The number of pyridine rings is 1. The van der Waals surface area contributed by atoms with E-state index in [1.165, 1.54) is 32.2 Å². The zero-order chi connectivity index (χ0) is 20.1. The Kier molecular flexibility index (Phi) is 6.67. The number of hydrogen-bond donors (Lipinski definition) is 0. The zero-order valence-electron chi connectivity index (χ0n) is 15.5. The molecule has 10 heteroatoms. The van der Waals surface area contributed by atoms with Crippen molar-refractivity contribution in [3.05, 3.63) is 28.4 Å². The summed E-state index contributed by atoms with van der Waals surface area (Å²) in [5, 5.41) is 11.2. The molecule has 2 rings (SSSR count). The molecule has 0 aromatic carbocycles. The molecule has 0 spiro atoms. The van der Waals surface area contributed by atoms with Crippen LogP contribution >= 0.6 is 0 Å². The molecule has 148 valence electrons. The van der Waals surface area contributed by atoms with Crippen molar-refractivity contribution >= 4 is 17.8 Å². The highest BCUT2D eigenvalue weighted by Gasteiger charge is 2.49. The summed E-state index contributed by atoms with van der Waals surface area (Å²) < 4.78 is 22.2. The Morgan fingerprint density at radius 3 is 2.44 bits per heavy atom. The lowest BCUT2D eigenvalue weighted by Crippen LogP contribution is -2.58. The van der Waals surface area contributed by atoms with Crippen molar-refractivity contribution in [2.45, 2.75) is 58.7 Å². The first-order valence-corrected chi connectivity index (χ1v) is 8.50. The van der Waals surface area contributed by atoms with Crippen molar-refractivity contribution in [2.24, 2.45) is 5.92 Å². The van der Waals surface area contributed by atoms with E-state index in [1.807, 2.05) is 6.92 Å². The molecule has 0 saturated carbocycles. The molecule has 0 aliphatic carbocycles. The molecule has 1 aromatic heterocycles. The standard InChI is InChI=1S/C17H22N2O8/c1-5-12-9(2)14(24-10(3)20)15(25-11(4)21)17(26-12)27-13-7-6-8-18-16(13)19(22)23/h6-9,12,14-15,17H,5H2,1-4H3/t9-,12+,14-,15+,17-/m0/s1. The summed E-state index contributed by atoms with van der Waals surface area (Å²) in [6, 6.07) is 2.83. The number of hydrogen-bond acceptors (Lipinski definition) is 9. The first kappa shape index (κ1) is 20.6. The maximum atomic E-state index is 11.6. The van der Waals surface area contributed by atoms with Gasteiger partial charge in [0.2, 0.25) is 18.1 Å². The maximum Gasteiger partial charge on any atom is 0.406 e. The predicted octanol–water partition coefficient (Wildman–Crippen LogP) is 2.00. The second kappa shape index (κ2) is 8.76. The molecule has 0 unspecified atom stereocenters. The van der Waals surface area contributed by atoms with Gasteiger partial charge in [-0.25, -0.2) is 0 Å². The Balaban J connectivity index is 2.39. The summed E-state index contributed by atoms with van der Waals surface area (Å²) in [5.41, 5.74) is 0. The van der Waals surface area contributed by atoms with Gasteiger partial charge in [-0.05, 0) is 28.5 Å². The second-order valence-corrected chi connectivity index (χ2v) is 6.16. The fourth-order valence-electron chi connectivity index (χ4n) is 3.02. The molecule has 2 heterocycles. The first-order chi connectivity index (χ1) is 12.7. The molecular weight excluding hydrogens is 360 g/mol. The summed E-state index contributed by atoms with van der Waals surface area (Å²) in [7, 11) is 0. The van der Waals surface area contributed by atoms with Gasteiger partial charge in [-0.2, -0.15) is 0 Å². The summed E-state index contributed by atoms with van der Waals surface area (Å²) in [5.74, 6) is -2.11. The molecule has 0 bridgehead atoms. The van der Waals surface area contributed by atoms with Crippen LogP contribution < -0.4 is 4.74 Å². The largest absolute Gasteiger partial charge is 0.458 e. The fraction of sp³-hybridized carbons (Fsp3) is 0.588. The minimum Gasteiger partial charge on any atom is -0.458 e. The number of esters is 2. The van der Waals surface area contributed by atoms with E-state index in [-0.39, 0.29) is 17.8 Å². The smallest absolute Gasteiger partial charge is 0.406 e. The molecule has 27 heavy (non-hydrogen) atoms. The van der Waals surface area contributed by atoms with Crippen molar-refractivity contribution in [3.8, 4) is 5.75 Å². The van der Waals surface area contributed by atoms with Gasteiger partial charge in [-0.3, -0.25) is 9.59 Å². The number of nitrogens with zero attached hydrogens (tertiary/aromatic N) is 2. The molecule has 1 aromatic rings. The Hall–Kier alpha value is -2.75. The Morgan fingerprint density at radius 1 is 1.26 bits per heavy atom. The summed E-state index contributed by atoms with van der Waals surface area (Å²) in [6.07, 6.45) is -1.67. The SMILES string of the molecule is CC[C@H]1O[C@@H](Oc2cccnc2[N+](=O)[O-])[C@H](OC(C)=O)[C@@H](OC(C)=O)[C@H]1C. The molecule has 0 radical (unpaired) electrons. The van der Waals surface area contributed by atoms with Gasteiger partial charge in [-0.15, -0.1) is 0 Å². The van der Waals surface area contributed by atoms with Crippen LogP contribution in [0.3, 0.4) is 0 Å². The quantitative estimate of drug-likeness (QED) is 0.412. The summed E-state index contributed by atoms with van der Waals surface area (Å²) >= 11 is 0. The predicted molar refractivity (Wildman–Crippen MR) is 90.7 cm³/mol. The van der Waals surface area contributed by atoms with Crippen molar-refractivity contribution in [2.75, 3.05) is 0 Å². The third kappa shape index (κ3) is 4.91. The molecule has 10 nitrogen and oxygen atoms in total. The minimum atomic E-state index is -1.21. The van der Waals surface area contributed by atoms with Crippen LogP contribution in [0.25, 0.3) is 0 Å². The van der Waals surface area contributed by atoms with E-state index in [1.54, 1.807) is 6.92 Å². The van der Waals surface area contributed by atoms with E-state index < -0.39 is 41.2 Å². The summed E-state index contributed by atoms with van der Waals surface area (Å²) in [4.78, 5) is 37.3. The third-order valence-corrected chi connectivity index (χ3v) is 4.18.